The molecule has 0 radical (unpaired) electrons. The molecule has 0 aromatic carbocycles. The van der Waals surface area contributed by atoms with Crippen LogP contribution in [0.5, 0.6) is 0 Å². The van der Waals surface area contributed by atoms with Crippen molar-refractivity contribution in [3.63, 3.8) is 0 Å². The van der Waals surface area contributed by atoms with Crippen molar-refractivity contribution in [2.45, 2.75) is 26.8 Å². The second kappa shape index (κ2) is 6.91. The average molecular weight is 288 g/mol. The van der Waals surface area contributed by atoms with E-state index in [4.69, 9.17) is 16.3 Å². The quantitative estimate of drug-likeness (QED) is 0.750. The lowest BCUT2D eigenvalue weighted by Gasteiger charge is -2.20. The van der Waals surface area contributed by atoms with Crippen molar-refractivity contribution in [1.82, 2.24) is 14.7 Å². The summed E-state index contributed by atoms with van der Waals surface area (Å²) >= 11 is 6.30. The van der Waals surface area contributed by atoms with Gasteiger partial charge in [0.25, 0.3) is 0 Å². The van der Waals surface area contributed by atoms with Gasteiger partial charge in [-0.25, -0.2) is 0 Å². The molecule has 1 heterocycles. The Kier molecular flexibility index (Phi) is 5.82. The summed E-state index contributed by atoms with van der Waals surface area (Å²) in [4.78, 5) is 13.4. The summed E-state index contributed by atoms with van der Waals surface area (Å²) < 4.78 is 6.53. The summed E-state index contributed by atoms with van der Waals surface area (Å²) in [7, 11) is 5.25. The molecular formula is C13H22ClN3O2. The van der Waals surface area contributed by atoms with Gasteiger partial charge in [0.2, 0.25) is 0 Å². The van der Waals surface area contributed by atoms with E-state index in [9.17, 15) is 4.79 Å². The molecule has 0 fully saturated rings. The second-order valence-corrected chi connectivity index (χ2v) is 5.18. The molecule has 0 aliphatic heterocycles. The minimum Gasteiger partial charge on any atom is -0.469 e. The number of carbonyl (C=O) groups is 1. The van der Waals surface area contributed by atoms with Gasteiger partial charge in [-0.2, -0.15) is 5.10 Å². The standard InChI is InChI=1S/C13H22ClN3O2/c1-6-10-12(14)11(17(4)15-10)8-16(3)7-9(2)13(18)19-5/h9H,6-8H2,1-5H3. The topological polar surface area (TPSA) is 47.4 Å². The van der Waals surface area contributed by atoms with Gasteiger partial charge in [0.05, 0.1) is 29.4 Å². The summed E-state index contributed by atoms with van der Waals surface area (Å²) in [6, 6.07) is 0. The predicted octanol–water partition coefficient (Wildman–Crippen LogP) is 1.88. The summed E-state index contributed by atoms with van der Waals surface area (Å²) in [5.41, 5.74) is 1.88. The molecule has 0 saturated carbocycles. The highest BCUT2D eigenvalue weighted by atomic mass is 35.5. The monoisotopic (exact) mass is 287 g/mol. The molecule has 6 heteroatoms. The first-order chi connectivity index (χ1) is 8.90. The van der Waals surface area contributed by atoms with Crippen LogP contribution in [-0.2, 0) is 29.5 Å². The second-order valence-electron chi connectivity index (χ2n) is 4.81. The lowest BCUT2D eigenvalue weighted by atomic mass is 10.1. The molecule has 0 aliphatic rings. The van der Waals surface area contributed by atoms with Gasteiger partial charge in [-0.15, -0.1) is 0 Å². The molecule has 19 heavy (non-hydrogen) atoms. The van der Waals surface area contributed by atoms with Crippen LogP contribution in [0.25, 0.3) is 0 Å². The van der Waals surface area contributed by atoms with Gasteiger partial charge in [0.15, 0.2) is 0 Å². The average Bonchev–Trinajstić information content (AvgIpc) is 2.64. The first-order valence-electron chi connectivity index (χ1n) is 6.37. The molecule has 1 rings (SSSR count). The van der Waals surface area contributed by atoms with Crippen LogP contribution < -0.4 is 0 Å². The fourth-order valence-electron chi connectivity index (χ4n) is 2.06. The Hall–Kier alpha value is -1.07. The van der Waals surface area contributed by atoms with Crippen LogP contribution in [0.1, 0.15) is 25.2 Å². The highest BCUT2D eigenvalue weighted by Crippen LogP contribution is 2.22. The van der Waals surface area contributed by atoms with Crippen LogP contribution in [0.4, 0.5) is 0 Å². The Bertz CT molecular complexity index is 445. The molecule has 0 amide bonds. The zero-order chi connectivity index (χ0) is 14.6. The van der Waals surface area contributed by atoms with E-state index < -0.39 is 0 Å². The molecule has 0 bridgehead atoms. The smallest absolute Gasteiger partial charge is 0.309 e. The largest absolute Gasteiger partial charge is 0.469 e. The molecule has 0 aliphatic carbocycles. The molecular weight excluding hydrogens is 266 g/mol. The highest BCUT2D eigenvalue weighted by molar-refractivity contribution is 6.31. The van der Waals surface area contributed by atoms with Crippen LogP contribution in [0, 0.1) is 5.92 Å². The highest BCUT2D eigenvalue weighted by Gasteiger charge is 2.18. The Labute approximate surface area is 119 Å². The van der Waals surface area contributed by atoms with Crippen LogP contribution >= 0.6 is 11.6 Å². The van der Waals surface area contributed by atoms with Gasteiger partial charge >= 0.3 is 5.97 Å². The van der Waals surface area contributed by atoms with Gasteiger partial charge in [0.1, 0.15) is 0 Å². The van der Waals surface area contributed by atoms with E-state index in [0.29, 0.717) is 13.1 Å². The number of rotatable bonds is 6. The molecule has 0 saturated heterocycles. The van der Waals surface area contributed by atoms with Gasteiger partial charge in [0, 0.05) is 20.1 Å². The summed E-state index contributed by atoms with van der Waals surface area (Å²) in [6.45, 7) is 5.16. The third-order valence-electron chi connectivity index (χ3n) is 3.11. The van der Waals surface area contributed by atoms with E-state index in [1.165, 1.54) is 7.11 Å². The van der Waals surface area contributed by atoms with E-state index in [0.717, 1.165) is 22.8 Å². The number of hydrogen-bond donors (Lipinski definition) is 0. The summed E-state index contributed by atoms with van der Waals surface area (Å²) in [6.07, 6.45) is 0.814. The first-order valence-corrected chi connectivity index (χ1v) is 6.75. The zero-order valence-electron chi connectivity index (χ0n) is 12.2. The lowest BCUT2D eigenvalue weighted by molar-refractivity contribution is -0.145. The molecule has 0 N–H and O–H groups in total. The number of halogens is 1. The summed E-state index contributed by atoms with van der Waals surface area (Å²) in [5, 5.41) is 5.10. The number of methoxy groups -OCH3 is 1. The van der Waals surface area contributed by atoms with Crippen LogP contribution in [0.2, 0.25) is 5.02 Å². The fraction of sp³-hybridized carbons (Fsp3) is 0.692. The van der Waals surface area contributed by atoms with Crippen molar-refractivity contribution in [3.8, 4) is 0 Å². The molecule has 1 aromatic heterocycles. The normalized spacial score (nSPS) is 12.8. The van der Waals surface area contributed by atoms with Crippen molar-refractivity contribution in [3.05, 3.63) is 16.4 Å². The van der Waals surface area contributed by atoms with E-state index in [1.54, 1.807) is 4.68 Å². The van der Waals surface area contributed by atoms with Crippen molar-refractivity contribution in [2.24, 2.45) is 13.0 Å². The minimum absolute atomic E-state index is 0.160. The molecule has 1 atom stereocenters. The lowest BCUT2D eigenvalue weighted by Crippen LogP contribution is -2.29. The van der Waals surface area contributed by atoms with Crippen LogP contribution in [0.15, 0.2) is 0 Å². The maximum atomic E-state index is 11.4. The van der Waals surface area contributed by atoms with E-state index in [2.05, 4.69) is 5.10 Å². The van der Waals surface area contributed by atoms with E-state index in [-0.39, 0.29) is 11.9 Å². The van der Waals surface area contributed by atoms with Crippen LogP contribution in [0.3, 0.4) is 0 Å². The number of carbonyl (C=O) groups excluding carboxylic acids is 1. The maximum Gasteiger partial charge on any atom is 0.309 e. The molecule has 0 spiro atoms. The van der Waals surface area contributed by atoms with Crippen LogP contribution in [-0.4, -0.2) is 41.4 Å². The molecule has 1 unspecified atom stereocenters. The van der Waals surface area contributed by atoms with Gasteiger partial charge < -0.3 is 4.74 Å². The number of nitrogens with zero attached hydrogens (tertiary/aromatic N) is 3. The van der Waals surface area contributed by atoms with E-state index in [1.807, 2.05) is 32.8 Å². The Morgan fingerprint density at radius 2 is 2.21 bits per heavy atom. The van der Waals surface area contributed by atoms with Gasteiger partial charge in [-0.05, 0) is 13.5 Å². The first kappa shape index (κ1) is 16.0. The SMILES string of the molecule is CCc1nn(C)c(CN(C)CC(C)C(=O)OC)c1Cl. The van der Waals surface area contributed by atoms with Crippen molar-refractivity contribution >= 4 is 17.6 Å². The third-order valence-corrected chi connectivity index (χ3v) is 3.55. The summed E-state index contributed by atoms with van der Waals surface area (Å²) in [5.74, 6) is -0.357. The fourth-order valence-corrected chi connectivity index (χ4v) is 2.41. The third kappa shape index (κ3) is 3.94. The molecule has 1 aromatic rings. The number of esters is 1. The van der Waals surface area contributed by atoms with Crippen molar-refractivity contribution < 1.29 is 9.53 Å². The number of ether oxygens (including phenoxy) is 1. The molecule has 108 valence electrons. The maximum absolute atomic E-state index is 11.4. The number of hydrogen-bond acceptors (Lipinski definition) is 4. The minimum atomic E-state index is -0.197. The van der Waals surface area contributed by atoms with Gasteiger partial charge in [-0.1, -0.05) is 25.4 Å². The van der Waals surface area contributed by atoms with Gasteiger partial charge in [-0.3, -0.25) is 14.4 Å². The predicted molar refractivity (Wildman–Crippen MR) is 75.1 cm³/mol. The Balaban J connectivity index is 2.69. The Morgan fingerprint density at radius 1 is 1.58 bits per heavy atom. The zero-order valence-corrected chi connectivity index (χ0v) is 13.0. The number of aryl methyl sites for hydroxylation is 2. The van der Waals surface area contributed by atoms with E-state index >= 15 is 0 Å². The van der Waals surface area contributed by atoms with Crippen molar-refractivity contribution in [2.75, 3.05) is 20.7 Å². The number of aromatic nitrogens is 2. The molecule has 5 nitrogen and oxygen atoms in total. The Morgan fingerprint density at radius 3 is 2.68 bits per heavy atom. The van der Waals surface area contributed by atoms with Crippen molar-refractivity contribution in [1.29, 1.82) is 0 Å².